The third-order valence-electron chi connectivity index (χ3n) is 3.81. The summed E-state index contributed by atoms with van der Waals surface area (Å²) in [5.41, 5.74) is 1.94. The van der Waals surface area contributed by atoms with Gasteiger partial charge in [-0.2, -0.15) is 5.26 Å². The minimum Gasteiger partial charge on any atom is -0.368 e. The molecule has 1 aliphatic heterocycles. The third-order valence-corrected chi connectivity index (χ3v) is 3.81. The van der Waals surface area contributed by atoms with Gasteiger partial charge in [-0.3, -0.25) is 9.88 Å². The number of pyridine rings is 2. The lowest BCUT2D eigenvalue weighted by atomic mass is 10.2. The number of anilines is 1. The van der Waals surface area contributed by atoms with Crippen LogP contribution in [-0.2, 0) is 6.54 Å². The van der Waals surface area contributed by atoms with Crippen molar-refractivity contribution in [2.24, 2.45) is 0 Å². The lowest BCUT2D eigenvalue weighted by Crippen LogP contribution is -2.46. The molecule has 0 saturated carbocycles. The molecule has 1 saturated heterocycles. The number of nitriles is 1. The summed E-state index contributed by atoms with van der Waals surface area (Å²) in [6.45, 7) is 3.92. The Labute approximate surface area is 128 Å². The van der Waals surface area contributed by atoms with Gasteiger partial charge >= 0.3 is 0 Å². The van der Waals surface area contributed by atoms with Crippen LogP contribution in [0.1, 0.15) is 11.4 Å². The molecule has 112 valence electrons. The van der Waals surface area contributed by atoms with Crippen LogP contribution >= 0.6 is 0 Å². The standard InChI is InChI=1S/C16H16FN5/c17-15-2-1-5-19-16(15)12-21-6-8-22(9-7-21)14-4-3-13(10-18)20-11-14/h1-5,11H,6-9,12H2. The monoisotopic (exact) mass is 297 g/mol. The highest BCUT2D eigenvalue weighted by Gasteiger charge is 2.19. The van der Waals surface area contributed by atoms with E-state index in [4.69, 9.17) is 5.26 Å². The summed E-state index contributed by atoms with van der Waals surface area (Å²) < 4.78 is 13.6. The Balaban J connectivity index is 1.58. The van der Waals surface area contributed by atoms with Crippen molar-refractivity contribution in [1.82, 2.24) is 14.9 Å². The molecule has 6 heteroatoms. The lowest BCUT2D eigenvalue weighted by molar-refractivity contribution is 0.243. The van der Waals surface area contributed by atoms with Gasteiger partial charge in [0.25, 0.3) is 0 Å². The Kier molecular flexibility index (Phi) is 4.26. The SMILES string of the molecule is N#Cc1ccc(N2CCN(Cc3ncccc3F)CC2)cn1. The van der Waals surface area contributed by atoms with Gasteiger partial charge in [-0.1, -0.05) is 0 Å². The topological polar surface area (TPSA) is 56.1 Å². The van der Waals surface area contributed by atoms with Crippen molar-refractivity contribution in [2.45, 2.75) is 6.54 Å². The zero-order valence-corrected chi connectivity index (χ0v) is 12.1. The number of piperazine rings is 1. The fourth-order valence-corrected chi connectivity index (χ4v) is 2.55. The number of aromatic nitrogens is 2. The fraction of sp³-hybridized carbons (Fsp3) is 0.312. The van der Waals surface area contributed by atoms with Gasteiger partial charge in [0.05, 0.1) is 17.6 Å². The molecule has 3 rings (SSSR count). The van der Waals surface area contributed by atoms with E-state index >= 15 is 0 Å². The average molecular weight is 297 g/mol. The Morgan fingerprint density at radius 3 is 2.59 bits per heavy atom. The van der Waals surface area contributed by atoms with Gasteiger partial charge < -0.3 is 4.90 Å². The Morgan fingerprint density at radius 1 is 1.14 bits per heavy atom. The van der Waals surface area contributed by atoms with Crippen molar-refractivity contribution in [3.8, 4) is 6.07 Å². The largest absolute Gasteiger partial charge is 0.368 e. The predicted octanol–water partition coefficient (Wildman–Crippen LogP) is 1.81. The second-order valence-electron chi connectivity index (χ2n) is 5.21. The highest BCUT2D eigenvalue weighted by atomic mass is 19.1. The van der Waals surface area contributed by atoms with E-state index < -0.39 is 0 Å². The summed E-state index contributed by atoms with van der Waals surface area (Å²) in [5.74, 6) is -0.249. The first-order valence-corrected chi connectivity index (χ1v) is 7.19. The van der Waals surface area contributed by atoms with Crippen LogP contribution in [0.5, 0.6) is 0 Å². The molecule has 1 aliphatic rings. The predicted molar refractivity (Wildman–Crippen MR) is 80.6 cm³/mol. The van der Waals surface area contributed by atoms with Crippen molar-refractivity contribution < 1.29 is 4.39 Å². The van der Waals surface area contributed by atoms with Gasteiger partial charge in [-0.15, -0.1) is 0 Å². The normalized spacial score (nSPS) is 15.5. The van der Waals surface area contributed by atoms with E-state index in [2.05, 4.69) is 19.8 Å². The Hall–Kier alpha value is -2.52. The highest BCUT2D eigenvalue weighted by Crippen LogP contribution is 2.16. The molecule has 0 spiro atoms. The first-order chi connectivity index (χ1) is 10.8. The van der Waals surface area contributed by atoms with Crippen LogP contribution in [0.4, 0.5) is 10.1 Å². The summed E-state index contributed by atoms with van der Waals surface area (Å²) in [4.78, 5) is 12.6. The van der Waals surface area contributed by atoms with Crippen molar-refractivity contribution in [1.29, 1.82) is 5.26 Å². The van der Waals surface area contributed by atoms with Gasteiger partial charge in [0.2, 0.25) is 0 Å². The Bertz CT molecular complexity index is 672. The molecule has 0 radical (unpaired) electrons. The van der Waals surface area contributed by atoms with Crippen molar-refractivity contribution in [3.63, 3.8) is 0 Å². The molecule has 2 aromatic heterocycles. The smallest absolute Gasteiger partial charge is 0.146 e. The molecule has 0 aromatic carbocycles. The van der Waals surface area contributed by atoms with Gasteiger partial charge in [-0.05, 0) is 24.3 Å². The van der Waals surface area contributed by atoms with Gasteiger partial charge in [0.1, 0.15) is 17.6 Å². The lowest BCUT2D eigenvalue weighted by Gasteiger charge is -2.35. The van der Waals surface area contributed by atoms with E-state index in [1.54, 1.807) is 24.5 Å². The molecule has 0 unspecified atom stereocenters. The Morgan fingerprint density at radius 2 is 1.95 bits per heavy atom. The maximum Gasteiger partial charge on any atom is 0.146 e. The molecular weight excluding hydrogens is 281 g/mol. The van der Waals surface area contributed by atoms with E-state index in [1.165, 1.54) is 6.07 Å². The van der Waals surface area contributed by atoms with Gasteiger partial charge in [-0.25, -0.2) is 9.37 Å². The fourth-order valence-electron chi connectivity index (χ4n) is 2.55. The van der Waals surface area contributed by atoms with E-state index in [-0.39, 0.29) is 5.82 Å². The summed E-state index contributed by atoms with van der Waals surface area (Å²) in [6, 6.07) is 8.71. The van der Waals surface area contributed by atoms with Crippen LogP contribution in [0.25, 0.3) is 0 Å². The van der Waals surface area contributed by atoms with Crippen LogP contribution in [0, 0.1) is 17.1 Å². The zero-order chi connectivity index (χ0) is 15.4. The van der Waals surface area contributed by atoms with Gasteiger partial charge in [0.15, 0.2) is 0 Å². The van der Waals surface area contributed by atoms with Gasteiger partial charge in [0, 0.05) is 38.9 Å². The average Bonchev–Trinajstić information content (AvgIpc) is 2.58. The van der Waals surface area contributed by atoms with Crippen LogP contribution in [0.3, 0.4) is 0 Å². The van der Waals surface area contributed by atoms with Crippen molar-refractivity contribution >= 4 is 5.69 Å². The van der Waals surface area contributed by atoms with E-state index in [1.807, 2.05) is 12.1 Å². The number of rotatable bonds is 3. The highest BCUT2D eigenvalue weighted by molar-refractivity contribution is 5.46. The van der Waals surface area contributed by atoms with Crippen LogP contribution in [0.15, 0.2) is 36.7 Å². The summed E-state index contributed by atoms with van der Waals surface area (Å²) in [5, 5.41) is 8.77. The first kappa shape index (κ1) is 14.4. The second-order valence-corrected chi connectivity index (χ2v) is 5.21. The number of halogens is 1. The number of hydrogen-bond donors (Lipinski definition) is 0. The summed E-state index contributed by atoms with van der Waals surface area (Å²) >= 11 is 0. The second kappa shape index (κ2) is 6.50. The van der Waals surface area contributed by atoms with Crippen LogP contribution in [-0.4, -0.2) is 41.0 Å². The minimum absolute atomic E-state index is 0.249. The molecule has 0 amide bonds. The van der Waals surface area contributed by atoms with Crippen LogP contribution in [0.2, 0.25) is 0 Å². The number of hydrogen-bond acceptors (Lipinski definition) is 5. The third kappa shape index (κ3) is 3.21. The molecule has 2 aromatic rings. The molecule has 1 fully saturated rings. The van der Waals surface area contributed by atoms with E-state index in [0.29, 0.717) is 17.9 Å². The maximum atomic E-state index is 13.6. The zero-order valence-electron chi connectivity index (χ0n) is 12.1. The quantitative estimate of drug-likeness (QED) is 0.865. The molecule has 0 atom stereocenters. The molecule has 22 heavy (non-hydrogen) atoms. The molecule has 5 nitrogen and oxygen atoms in total. The minimum atomic E-state index is -0.249. The van der Waals surface area contributed by atoms with Crippen molar-refractivity contribution in [2.75, 3.05) is 31.1 Å². The molecule has 0 bridgehead atoms. The molecule has 0 N–H and O–H groups in total. The van der Waals surface area contributed by atoms with Crippen molar-refractivity contribution in [3.05, 3.63) is 53.9 Å². The first-order valence-electron chi connectivity index (χ1n) is 7.19. The summed E-state index contributed by atoms with van der Waals surface area (Å²) in [7, 11) is 0. The van der Waals surface area contributed by atoms with E-state index in [9.17, 15) is 4.39 Å². The maximum absolute atomic E-state index is 13.6. The van der Waals surface area contributed by atoms with Crippen LogP contribution < -0.4 is 4.90 Å². The molecule has 0 aliphatic carbocycles. The number of nitrogens with zero attached hydrogens (tertiary/aromatic N) is 5. The van der Waals surface area contributed by atoms with E-state index in [0.717, 1.165) is 31.9 Å². The summed E-state index contributed by atoms with van der Waals surface area (Å²) in [6.07, 6.45) is 3.35. The molecule has 3 heterocycles. The molecular formula is C16H16FN5.